The van der Waals surface area contributed by atoms with E-state index in [1.54, 1.807) is 28.8 Å². The number of anilines is 1. The number of aryl methyl sites for hydroxylation is 3. The average molecular weight is 381 g/mol. The highest BCUT2D eigenvalue weighted by Crippen LogP contribution is 2.24. The molecule has 0 unspecified atom stereocenters. The first-order valence-corrected chi connectivity index (χ1v) is 8.53. The van der Waals surface area contributed by atoms with Crippen LogP contribution >= 0.6 is 11.3 Å². The van der Waals surface area contributed by atoms with Crippen molar-refractivity contribution in [3.63, 3.8) is 0 Å². The van der Waals surface area contributed by atoms with E-state index < -0.39 is 12.1 Å². The van der Waals surface area contributed by atoms with Crippen LogP contribution in [-0.4, -0.2) is 22.1 Å². The Bertz CT molecular complexity index is 901. The number of hydrogen-bond donors (Lipinski definition) is 1. The summed E-state index contributed by atoms with van der Waals surface area (Å²) in [6, 6.07) is 7.36. The second-order valence-electron chi connectivity index (χ2n) is 5.54. The van der Waals surface area contributed by atoms with Gasteiger partial charge in [0.25, 0.3) is 0 Å². The molecule has 9 heteroatoms. The monoisotopic (exact) mass is 381 g/mol. The summed E-state index contributed by atoms with van der Waals surface area (Å²) in [5, 5.41) is 1.63. The third kappa shape index (κ3) is 4.29. The Hall–Kier alpha value is -2.68. The van der Waals surface area contributed by atoms with Crippen LogP contribution in [0, 0.1) is 6.92 Å². The maximum absolute atomic E-state index is 12.2. The van der Waals surface area contributed by atoms with Gasteiger partial charge in [0.05, 0.1) is 17.4 Å². The topological polar surface area (TPSA) is 68.0 Å². The standard InChI is InChI=1S/C17H14F3N3O2S/c1-10-13(26-9-22-10)7-4-11-2-5-12(6-3-11)15-21-8-14(25-15)23-16(24)17(18,19)20/h2-3,5-6,8-9H,4,7H2,1H3,(H,23,24). The molecule has 3 rings (SSSR count). The van der Waals surface area contributed by atoms with Gasteiger partial charge < -0.3 is 4.42 Å². The molecule has 3 aromatic rings. The van der Waals surface area contributed by atoms with Crippen LogP contribution in [0.15, 0.2) is 40.4 Å². The first-order valence-electron chi connectivity index (χ1n) is 7.65. The predicted molar refractivity (Wildman–Crippen MR) is 90.9 cm³/mol. The van der Waals surface area contributed by atoms with Gasteiger partial charge in [0, 0.05) is 10.4 Å². The van der Waals surface area contributed by atoms with Gasteiger partial charge in [-0.05, 0) is 37.5 Å². The number of oxazole rings is 1. The van der Waals surface area contributed by atoms with Crippen LogP contribution in [0.3, 0.4) is 0 Å². The second kappa shape index (κ2) is 7.28. The SMILES string of the molecule is Cc1ncsc1CCc1ccc(-c2ncc(NC(=O)C(F)(F)F)o2)cc1. The van der Waals surface area contributed by atoms with E-state index in [0.717, 1.165) is 30.3 Å². The lowest BCUT2D eigenvalue weighted by Gasteiger charge is -2.04. The Kier molecular flexibility index (Phi) is 5.08. The van der Waals surface area contributed by atoms with Gasteiger partial charge in [-0.1, -0.05) is 12.1 Å². The molecule has 26 heavy (non-hydrogen) atoms. The van der Waals surface area contributed by atoms with E-state index in [1.807, 2.05) is 24.6 Å². The largest absolute Gasteiger partial charge is 0.471 e. The van der Waals surface area contributed by atoms with E-state index in [9.17, 15) is 18.0 Å². The van der Waals surface area contributed by atoms with Gasteiger partial charge in [-0.25, -0.2) is 9.97 Å². The molecule has 0 radical (unpaired) electrons. The zero-order valence-electron chi connectivity index (χ0n) is 13.6. The number of nitrogens with one attached hydrogen (secondary N) is 1. The first kappa shape index (κ1) is 18.1. The van der Waals surface area contributed by atoms with Gasteiger partial charge in [0.1, 0.15) is 0 Å². The molecular formula is C17H14F3N3O2S. The van der Waals surface area contributed by atoms with Gasteiger partial charge in [0.2, 0.25) is 11.8 Å². The van der Waals surface area contributed by atoms with Crippen molar-refractivity contribution in [2.45, 2.75) is 25.9 Å². The minimum Gasteiger partial charge on any atom is -0.420 e. The summed E-state index contributed by atoms with van der Waals surface area (Å²) in [6.45, 7) is 1.98. The number of rotatable bonds is 5. The number of carbonyl (C=O) groups is 1. The van der Waals surface area contributed by atoms with Gasteiger partial charge >= 0.3 is 12.1 Å². The fourth-order valence-electron chi connectivity index (χ4n) is 2.29. The zero-order valence-corrected chi connectivity index (χ0v) is 14.4. The summed E-state index contributed by atoms with van der Waals surface area (Å²) in [4.78, 5) is 20.2. The van der Waals surface area contributed by atoms with Crippen molar-refractivity contribution in [3.8, 4) is 11.5 Å². The molecule has 0 aliphatic rings. The fourth-order valence-corrected chi connectivity index (χ4v) is 3.07. The minimum absolute atomic E-state index is 0.132. The molecule has 0 bridgehead atoms. The van der Waals surface area contributed by atoms with Crippen LogP contribution in [-0.2, 0) is 17.6 Å². The highest BCUT2D eigenvalue weighted by molar-refractivity contribution is 7.09. The van der Waals surface area contributed by atoms with Crippen LogP contribution < -0.4 is 5.32 Å². The normalized spacial score (nSPS) is 11.5. The molecule has 2 aromatic heterocycles. The molecule has 0 spiro atoms. The maximum Gasteiger partial charge on any atom is 0.471 e. The second-order valence-corrected chi connectivity index (χ2v) is 6.48. The molecule has 1 N–H and O–H groups in total. The minimum atomic E-state index is -4.98. The van der Waals surface area contributed by atoms with E-state index in [1.165, 1.54) is 4.88 Å². The van der Waals surface area contributed by atoms with Gasteiger partial charge in [-0.2, -0.15) is 13.2 Å². The molecule has 5 nitrogen and oxygen atoms in total. The quantitative estimate of drug-likeness (QED) is 0.712. The molecular weight excluding hydrogens is 367 g/mol. The van der Waals surface area contributed by atoms with Crippen molar-refractivity contribution in [1.29, 1.82) is 0 Å². The van der Waals surface area contributed by atoms with E-state index in [4.69, 9.17) is 4.42 Å². The average Bonchev–Trinajstić information content (AvgIpc) is 3.22. The summed E-state index contributed by atoms with van der Waals surface area (Å²) in [7, 11) is 0. The fraction of sp³-hybridized carbons (Fsp3) is 0.235. The molecule has 0 saturated carbocycles. The number of aromatic nitrogens is 2. The molecule has 2 heterocycles. The van der Waals surface area contributed by atoms with Crippen molar-refractivity contribution >= 4 is 23.1 Å². The number of hydrogen-bond acceptors (Lipinski definition) is 5. The van der Waals surface area contributed by atoms with Gasteiger partial charge in [-0.3, -0.25) is 10.1 Å². The molecule has 0 saturated heterocycles. The smallest absolute Gasteiger partial charge is 0.420 e. The Morgan fingerprint density at radius 1 is 1.19 bits per heavy atom. The third-order valence-corrected chi connectivity index (χ3v) is 4.68. The Morgan fingerprint density at radius 3 is 2.54 bits per heavy atom. The number of amides is 1. The molecule has 136 valence electrons. The summed E-state index contributed by atoms with van der Waals surface area (Å²) in [6.07, 6.45) is -2.20. The van der Waals surface area contributed by atoms with Gasteiger partial charge in [0.15, 0.2) is 0 Å². The molecule has 1 amide bonds. The van der Waals surface area contributed by atoms with Crippen molar-refractivity contribution in [1.82, 2.24) is 9.97 Å². The zero-order chi connectivity index (χ0) is 18.7. The van der Waals surface area contributed by atoms with Crippen molar-refractivity contribution in [2.24, 2.45) is 0 Å². The Morgan fingerprint density at radius 2 is 1.92 bits per heavy atom. The van der Waals surface area contributed by atoms with Crippen molar-refractivity contribution in [2.75, 3.05) is 5.32 Å². The molecule has 0 aliphatic heterocycles. The number of thiazole rings is 1. The van der Waals surface area contributed by atoms with Crippen LogP contribution in [0.5, 0.6) is 0 Å². The third-order valence-electron chi connectivity index (χ3n) is 3.69. The lowest BCUT2D eigenvalue weighted by atomic mass is 10.1. The number of alkyl halides is 3. The number of halogens is 3. The number of benzene rings is 1. The molecule has 0 fully saturated rings. The van der Waals surface area contributed by atoms with Crippen LogP contribution in [0.1, 0.15) is 16.1 Å². The molecule has 0 atom stereocenters. The maximum atomic E-state index is 12.2. The Labute approximate surface area is 150 Å². The summed E-state index contributed by atoms with van der Waals surface area (Å²) < 4.78 is 41.9. The van der Waals surface area contributed by atoms with Crippen molar-refractivity contribution < 1.29 is 22.4 Å². The highest BCUT2D eigenvalue weighted by Gasteiger charge is 2.39. The van der Waals surface area contributed by atoms with Crippen LogP contribution in [0.2, 0.25) is 0 Å². The number of nitrogens with zero attached hydrogens (tertiary/aromatic N) is 2. The lowest BCUT2D eigenvalue weighted by Crippen LogP contribution is -2.29. The van der Waals surface area contributed by atoms with Crippen LogP contribution in [0.4, 0.5) is 19.1 Å². The van der Waals surface area contributed by atoms with E-state index in [0.29, 0.717) is 5.56 Å². The van der Waals surface area contributed by atoms with Crippen molar-refractivity contribution in [3.05, 3.63) is 52.1 Å². The summed E-state index contributed by atoms with van der Waals surface area (Å²) in [5.41, 5.74) is 4.58. The number of carbonyl (C=O) groups excluding carboxylic acids is 1. The van der Waals surface area contributed by atoms with Crippen LogP contribution in [0.25, 0.3) is 11.5 Å². The Balaban J connectivity index is 1.63. The summed E-state index contributed by atoms with van der Waals surface area (Å²) in [5.74, 6) is -2.33. The molecule has 1 aromatic carbocycles. The predicted octanol–water partition coefficient (Wildman–Crippen LogP) is 4.39. The summed E-state index contributed by atoms with van der Waals surface area (Å²) >= 11 is 1.63. The molecule has 0 aliphatic carbocycles. The van der Waals surface area contributed by atoms with E-state index in [2.05, 4.69) is 9.97 Å². The van der Waals surface area contributed by atoms with Gasteiger partial charge in [-0.15, -0.1) is 11.3 Å². The van der Waals surface area contributed by atoms with E-state index in [-0.39, 0.29) is 11.8 Å². The van der Waals surface area contributed by atoms with E-state index >= 15 is 0 Å². The lowest BCUT2D eigenvalue weighted by molar-refractivity contribution is -0.167. The highest BCUT2D eigenvalue weighted by atomic mass is 32.1. The first-order chi connectivity index (χ1) is 12.3.